The molecule has 2 N–H and O–H groups in total. The van der Waals surface area contributed by atoms with Crippen LogP contribution in [0.5, 0.6) is 0 Å². The van der Waals surface area contributed by atoms with Crippen LogP contribution in [-0.4, -0.2) is 21.3 Å². The van der Waals surface area contributed by atoms with E-state index in [1.807, 2.05) is 55.5 Å². The topological polar surface area (TPSA) is 66.0 Å². The first-order chi connectivity index (χ1) is 15.1. The summed E-state index contributed by atoms with van der Waals surface area (Å²) in [5, 5.41) is 16.9. The maximum Gasteiger partial charge on any atom is 0.328 e. The predicted octanol–water partition coefficient (Wildman–Crippen LogP) is 6.17. The van der Waals surface area contributed by atoms with E-state index < -0.39 is 5.97 Å². The number of halogens is 1. The van der Waals surface area contributed by atoms with E-state index in [4.69, 9.17) is 5.11 Å². The van der Waals surface area contributed by atoms with Gasteiger partial charge >= 0.3 is 5.97 Å². The summed E-state index contributed by atoms with van der Waals surface area (Å²) in [6, 6.07) is 20.4. The number of allylic oxidation sites excluding steroid dienone is 1. The monoisotopic (exact) mass is 412 g/mol. The Kier molecular flexibility index (Phi) is 5.76. The van der Waals surface area contributed by atoms with Crippen molar-refractivity contribution in [1.29, 1.82) is 0 Å². The molecule has 0 aliphatic carbocycles. The maximum atomic E-state index is 14.7. The number of aromatic nitrogens is 2. The number of benzene rings is 3. The average molecular weight is 412 g/mol. The molecule has 0 saturated heterocycles. The standard InChI is InChI=1S/C26H21FN2O2/c1-2-21(22-5-3-4-6-23(22)27)26(19-12-13-24-20(15-19)16-28-29-24)18-10-7-17(8-11-18)9-14-25(30)31/h3-16H,2H2,1H3,(H,28,29)(H,30,31)/b14-9+,26-21?. The third kappa shape index (κ3) is 4.31. The average Bonchev–Trinajstić information content (AvgIpc) is 3.25. The number of hydrogen-bond acceptors (Lipinski definition) is 2. The van der Waals surface area contributed by atoms with Gasteiger partial charge in [-0.05, 0) is 58.5 Å². The van der Waals surface area contributed by atoms with Crippen molar-refractivity contribution in [3.05, 3.63) is 107 Å². The fraction of sp³-hybridized carbons (Fsp3) is 0.0769. The van der Waals surface area contributed by atoms with Crippen LogP contribution >= 0.6 is 0 Å². The lowest BCUT2D eigenvalue weighted by Gasteiger charge is -2.17. The van der Waals surface area contributed by atoms with E-state index in [9.17, 15) is 9.18 Å². The predicted molar refractivity (Wildman–Crippen MR) is 122 cm³/mol. The molecular formula is C26H21FN2O2. The molecule has 0 spiro atoms. The number of fused-ring (bicyclic) bond motifs is 1. The number of nitrogens with one attached hydrogen (secondary N) is 1. The van der Waals surface area contributed by atoms with E-state index in [1.54, 1.807) is 24.4 Å². The second-order valence-electron chi connectivity index (χ2n) is 7.15. The van der Waals surface area contributed by atoms with Gasteiger partial charge in [0.25, 0.3) is 0 Å². The van der Waals surface area contributed by atoms with Gasteiger partial charge in [0.15, 0.2) is 0 Å². The molecule has 0 amide bonds. The van der Waals surface area contributed by atoms with Crippen LogP contribution in [0.25, 0.3) is 28.1 Å². The van der Waals surface area contributed by atoms with Crippen molar-refractivity contribution in [2.24, 2.45) is 0 Å². The molecular weight excluding hydrogens is 391 g/mol. The Bertz CT molecular complexity index is 1300. The number of hydrogen-bond donors (Lipinski definition) is 2. The van der Waals surface area contributed by atoms with Gasteiger partial charge < -0.3 is 5.11 Å². The summed E-state index contributed by atoms with van der Waals surface area (Å²) in [6.45, 7) is 2.02. The summed E-state index contributed by atoms with van der Waals surface area (Å²) in [5.74, 6) is -1.26. The molecule has 1 heterocycles. The van der Waals surface area contributed by atoms with Crippen molar-refractivity contribution in [3.8, 4) is 0 Å². The second-order valence-corrected chi connectivity index (χ2v) is 7.15. The number of aromatic amines is 1. The zero-order valence-electron chi connectivity index (χ0n) is 17.0. The number of aliphatic carboxylic acids is 1. The minimum Gasteiger partial charge on any atom is -0.478 e. The highest BCUT2D eigenvalue weighted by Gasteiger charge is 2.16. The molecule has 0 bridgehead atoms. The van der Waals surface area contributed by atoms with E-state index >= 15 is 0 Å². The highest BCUT2D eigenvalue weighted by molar-refractivity contribution is 6.00. The Balaban J connectivity index is 1.92. The van der Waals surface area contributed by atoms with Gasteiger partial charge in [-0.1, -0.05) is 55.5 Å². The molecule has 1 aromatic heterocycles. The third-order valence-corrected chi connectivity index (χ3v) is 5.20. The third-order valence-electron chi connectivity index (χ3n) is 5.20. The molecule has 0 fully saturated rings. The molecule has 0 unspecified atom stereocenters. The Morgan fingerprint density at radius 3 is 2.52 bits per heavy atom. The Labute approximate surface area is 179 Å². The largest absolute Gasteiger partial charge is 0.478 e. The molecule has 31 heavy (non-hydrogen) atoms. The van der Waals surface area contributed by atoms with Gasteiger partial charge in [0.05, 0.1) is 11.7 Å². The minimum atomic E-state index is -0.995. The van der Waals surface area contributed by atoms with E-state index in [1.165, 1.54) is 6.07 Å². The smallest absolute Gasteiger partial charge is 0.328 e. The van der Waals surface area contributed by atoms with Gasteiger partial charge in [0.2, 0.25) is 0 Å². The summed E-state index contributed by atoms with van der Waals surface area (Å²) < 4.78 is 14.7. The molecule has 5 heteroatoms. The molecule has 3 aromatic carbocycles. The molecule has 4 aromatic rings. The molecule has 154 valence electrons. The lowest BCUT2D eigenvalue weighted by atomic mass is 9.87. The number of nitrogens with zero attached hydrogens (tertiary/aromatic N) is 1. The quantitative estimate of drug-likeness (QED) is 0.294. The lowest BCUT2D eigenvalue weighted by molar-refractivity contribution is -0.131. The van der Waals surface area contributed by atoms with Crippen LogP contribution in [0.2, 0.25) is 0 Å². The van der Waals surface area contributed by atoms with Gasteiger partial charge in [-0.2, -0.15) is 5.10 Å². The highest BCUT2D eigenvalue weighted by atomic mass is 19.1. The normalized spacial score (nSPS) is 12.3. The number of H-pyrrole nitrogens is 1. The van der Waals surface area contributed by atoms with Crippen LogP contribution in [0.4, 0.5) is 4.39 Å². The zero-order chi connectivity index (χ0) is 21.8. The molecule has 0 atom stereocenters. The summed E-state index contributed by atoms with van der Waals surface area (Å²) in [6.07, 6.45) is 5.06. The van der Waals surface area contributed by atoms with Crippen LogP contribution in [0.15, 0.2) is 79.0 Å². The maximum absolute atomic E-state index is 14.7. The fourth-order valence-corrected chi connectivity index (χ4v) is 3.75. The summed E-state index contributed by atoms with van der Waals surface area (Å²) in [4.78, 5) is 10.8. The van der Waals surface area contributed by atoms with Crippen LogP contribution in [-0.2, 0) is 4.79 Å². The lowest BCUT2D eigenvalue weighted by Crippen LogP contribution is -1.97. The van der Waals surface area contributed by atoms with Crippen LogP contribution in [0.1, 0.15) is 35.6 Å². The van der Waals surface area contributed by atoms with E-state index in [0.29, 0.717) is 12.0 Å². The highest BCUT2D eigenvalue weighted by Crippen LogP contribution is 2.36. The van der Waals surface area contributed by atoms with Crippen molar-refractivity contribution >= 4 is 34.1 Å². The number of carboxylic acid groups (broad SMARTS) is 1. The second kappa shape index (κ2) is 8.79. The molecule has 0 radical (unpaired) electrons. The van der Waals surface area contributed by atoms with E-state index in [0.717, 1.165) is 44.8 Å². The number of carbonyl (C=O) groups is 1. The summed E-state index contributed by atoms with van der Waals surface area (Å²) in [5.41, 5.74) is 6.00. The van der Waals surface area contributed by atoms with Gasteiger partial charge in [0, 0.05) is 17.0 Å². The van der Waals surface area contributed by atoms with Crippen LogP contribution in [0, 0.1) is 5.82 Å². The SMILES string of the molecule is CCC(=C(c1ccc(/C=C/C(=O)O)cc1)c1ccc2[nH]ncc2c1)c1ccccc1F. The van der Waals surface area contributed by atoms with Crippen molar-refractivity contribution in [2.75, 3.05) is 0 Å². The summed E-state index contributed by atoms with van der Waals surface area (Å²) >= 11 is 0. The Morgan fingerprint density at radius 2 is 1.81 bits per heavy atom. The first kappa shape index (κ1) is 20.3. The Hall–Kier alpha value is -3.99. The fourth-order valence-electron chi connectivity index (χ4n) is 3.75. The van der Waals surface area contributed by atoms with Gasteiger partial charge in [0.1, 0.15) is 5.82 Å². The van der Waals surface area contributed by atoms with Crippen molar-refractivity contribution in [3.63, 3.8) is 0 Å². The molecule has 0 saturated carbocycles. The van der Waals surface area contributed by atoms with Crippen LogP contribution < -0.4 is 0 Å². The van der Waals surface area contributed by atoms with Gasteiger partial charge in [-0.15, -0.1) is 0 Å². The molecule has 4 rings (SSSR count). The zero-order valence-corrected chi connectivity index (χ0v) is 17.0. The van der Waals surface area contributed by atoms with Crippen molar-refractivity contribution in [1.82, 2.24) is 10.2 Å². The molecule has 0 aliphatic rings. The first-order valence-electron chi connectivity index (χ1n) is 10.00. The van der Waals surface area contributed by atoms with Crippen molar-refractivity contribution < 1.29 is 14.3 Å². The number of rotatable bonds is 6. The van der Waals surface area contributed by atoms with E-state index in [-0.39, 0.29) is 5.82 Å². The summed E-state index contributed by atoms with van der Waals surface area (Å²) in [7, 11) is 0. The Morgan fingerprint density at radius 1 is 1.06 bits per heavy atom. The van der Waals surface area contributed by atoms with E-state index in [2.05, 4.69) is 10.2 Å². The van der Waals surface area contributed by atoms with Crippen LogP contribution in [0.3, 0.4) is 0 Å². The number of carboxylic acids is 1. The van der Waals surface area contributed by atoms with Gasteiger partial charge in [-0.25, -0.2) is 9.18 Å². The van der Waals surface area contributed by atoms with Crippen molar-refractivity contribution in [2.45, 2.75) is 13.3 Å². The van der Waals surface area contributed by atoms with Gasteiger partial charge in [-0.3, -0.25) is 5.10 Å². The minimum absolute atomic E-state index is 0.262. The molecule has 4 nitrogen and oxygen atoms in total. The molecule has 0 aliphatic heterocycles. The first-order valence-corrected chi connectivity index (χ1v) is 10.00.